The average molecular weight is 432 g/mol. The summed E-state index contributed by atoms with van der Waals surface area (Å²) in [6.45, 7) is 1.59. The van der Waals surface area contributed by atoms with E-state index >= 15 is 0 Å². The molecule has 0 saturated carbocycles. The third-order valence-electron chi connectivity index (χ3n) is 5.20. The van der Waals surface area contributed by atoms with Gasteiger partial charge in [-0.05, 0) is 48.9 Å². The summed E-state index contributed by atoms with van der Waals surface area (Å²) >= 11 is 0. The van der Waals surface area contributed by atoms with Gasteiger partial charge in [-0.25, -0.2) is 9.69 Å². The fraction of sp³-hybridized carbons (Fsp3) is 0.167. The number of para-hydroxylation sites is 1. The molecule has 0 radical (unpaired) electrons. The maximum Gasteiger partial charge on any atom is 0.338 e. The van der Waals surface area contributed by atoms with Gasteiger partial charge in [0.05, 0.1) is 35.2 Å². The molecule has 1 aromatic heterocycles. The second-order valence-corrected chi connectivity index (χ2v) is 7.40. The maximum absolute atomic E-state index is 12.9. The first-order valence-corrected chi connectivity index (χ1v) is 9.88. The molecule has 0 aliphatic carbocycles. The molecule has 2 aromatic carbocycles. The molecule has 0 fully saturated rings. The van der Waals surface area contributed by atoms with Crippen LogP contribution in [0.5, 0.6) is 0 Å². The van der Waals surface area contributed by atoms with Gasteiger partial charge in [-0.15, -0.1) is 0 Å². The second kappa shape index (κ2) is 8.50. The van der Waals surface area contributed by atoms with Crippen molar-refractivity contribution >= 4 is 29.4 Å². The first-order chi connectivity index (χ1) is 15.4. The molecule has 0 saturated heterocycles. The van der Waals surface area contributed by atoms with Crippen molar-refractivity contribution in [2.45, 2.75) is 13.5 Å². The third kappa shape index (κ3) is 3.90. The number of likely N-dealkylation sites (N-methyl/N-ethyl adjacent to an activating group) is 1. The molecule has 32 heavy (non-hydrogen) atoms. The van der Waals surface area contributed by atoms with Gasteiger partial charge in [0.2, 0.25) is 0 Å². The minimum Gasteiger partial charge on any atom is -0.467 e. The van der Waals surface area contributed by atoms with Gasteiger partial charge in [-0.2, -0.15) is 0 Å². The zero-order valence-electron chi connectivity index (χ0n) is 17.5. The van der Waals surface area contributed by atoms with Gasteiger partial charge in [0.25, 0.3) is 17.7 Å². The Bertz CT molecular complexity index is 1210. The van der Waals surface area contributed by atoms with Gasteiger partial charge in [0.1, 0.15) is 5.76 Å². The molecule has 1 aliphatic rings. The molecule has 2 heterocycles. The number of amides is 3. The lowest BCUT2D eigenvalue weighted by Crippen LogP contribution is -2.30. The first-order valence-electron chi connectivity index (χ1n) is 9.88. The number of anilines is 1. The van der Waals surface area contributed by atoms with Crippen LogP contribution >= 0.6 is 0 Å². The van der Waals surface area contributed by atoms with Crippen molar-refractivity contribution < 1.29 is 28.3 Å². The van der Waals surface area contributed by atoms with Crippen LogP contribution in [0.3, 0.4) is 0 Å². The molecule has 0 N–H and O–H groups in total. The summed E-state index contributed by atoms with van der Waals surface area (Å²) in [5.41, 5.74) is 1.68. The van der Waals surface area contributed by atoms with Crippen LogP contribution in [-0.4, -0.2) is 42.2 Å². The van der Waals surface area contributed by atoms with Crippen molar-refractivity contribution in [3.05, 3.63) is 88.9 Å². The highest BCUT2D eigenvalue weighted by Gasteiger charge is 2.37. The highest BCUT2D eigenvalue weighted by molar-refractivity contribution is 6.34. The molecular weight excluding hydrogens is 412 g/mol. The molecule has 0 spiro atoms. The van der Waals surface area contributed by atoms with E-state index in [1.54, 1.807) is 31.3 Å². The molecule has 8 nitrogen and oxygen atoms in total. The van der Waals surface area contributed by atoms with Crippen LogP contribution < -0.4 is 4.90 Å². The van der Waals surface area contributed by atoms with E-state index in [1.165, 1.54) is 29.4 Å². The number of aryl methyl sites for hydroxylation is 1. The lowest BCUT2D eigenvalue weighted by Gasteiger charge is -2.16. The molecule has 3 aromatic rings. The van der Waals surface area contributed by atoms with E-state index in [0.717, 1.165) is 10.5 Å². The van der Waals surface area contributed by atoms with Crippen LogP contribution in [0.25, 0.3) is 0 Å². The fourth-order valence-electron chi connectivity index (χ4n) is 3.45. The summed E-state index contributed by atoms with van der Waals surface area (Å²) in [5, 5.41) is 0. The molecular formula is C24H20N2O6. The van der Waals surface area contributed by atoms with Crippen LogP contribution in [0, 0.1) is 6.92 Å². The molecule has 3 amide bonds. The van der Waals surface area contributed by atoms with Crippen molar-refractivity contribution in [3.63, 3.8) is 0 Å². The van der Waals surface area contributed by atoms with E-state index in [0.29, 0.717) is 11.4 Å². The lowest BCUT2D eigenvalue weighted by molar-refractivity contribution is -0.133. The highest BCUT2D eigenvalue weighted by atomic mass is 16.5. The number of hydrogen-bond donors (Lipinski definition) is 0. The van der Waals surface area contributed by atoms with Crippen molar-refractivity contribution in [1.29, 1.82) is 0 Å². The van der Waals surface area contributed by atoms with E-state index < -0.39 is 30.3 Å². The minimum absolute atomic E-state index is 0.0815. The maximum atomic E-state index is 12.9. The van der Waals surface area contributed by atoms with E-state index in [9.17, 15) is 19.2 Å². The van der Waals surface area contributed by atoms with Gasteiger partial charge in [-0.3, -0.25) is 14.4 Å². The van der Waals surface area contributed by atoms with E-state index in [4.69, 9.17) is 9.15 Å². The number of furan rings is 1. The number of hydrogen-bond acceptors (Lipinski definition) is 6. The van der Waals surface area contributed by atoms with Crippen molar-refractivity contribution in [2.75, 3.05) is 18.6 Å². The van der Waals surface area contributed by atoms with Gasteiger partial charge < -0.3 is 14.1 Å². The van der Waals surface area contributed by atoms with Crippen LogP contribution in [0.1, 0.15) is 42.4 Å². The zero-order chi connectivity index (χ0) is 22.8. The topological polar surface area (TPSA) is 97.1 Å². The van der Waals surface area contributed by atoms with Crippen LogP contribution in [-0.2, 0) is 16.1 Å². The first kappa shape index (κ1) is 21.0. The number of imide groups is 1. The van der Waals surface area contributed by atoms with E-state index in [-0.39, 0.29) is 23.2 Å². The standard InChI is InChI=1S/C24H20N2O6/c1-15-6-3-4-8-20(15)26-22(28)18-10-9-16(12-19(18)23(26)29)24(30)32-14-21(27)25(2)13-17-7-5-11-31-17/h3-12H,13-14H2,1-2H3. The summed E-state index contributed by atoms with van der Waals surface area (Å²) in [4.78, 5) is 52.9. The summed E-state index contributed by atoms with van der Waals surface area (Å²) in [6.07, 6.45) is 1.51. The predicted molar refractivity (Wildman–Crippen MR) is 114 cm³/mol. The highest BCUT2D eigenvalue weighted by Crippen LogP contribution is 2.31. The Hall–Kier alpha value is -4.20. The van der Waals surface area contributed by atoms with Crippen LogP contribution in [0.4, 0.5) is 5.69 Å². The molecule has 0 bridgehead atoms. The second-order valence-electron chi connectivity index (χ2n) is 7.40. The average Bonchev–Trinajstić information content (AvgIpc) is 3.38. The molecule has 162 valence electrons. The smallest absolute Gasteiger partial charge is 0.338 e. The normalized spacial score (nSPS) is 12.6. The monoisotopic (exact) mass is 432 g/mol. The molecule has 0 unspecified atom stereocenters. The molecule has 0 atom stereocenters. The number of carbonyl (C=O) groups excluding carboxylic acids is 4. The Morgan fingerprint density at radius 3 is 2.47 bits per heavy atom. The minimum atomic E-state index is -0.762. The summed E-state index contributed by atoms with van der Waals surface area (Å²) < 4.78 is 10.3. The van der Waals surface area contributed by atoms with Crippen molar-refractivity contribution in [3.8, 4) is 0 Å². The number of nitrogens with zero attached hydrogens (tertiary/aromatic N) is 2. The van der Waals surface area contributed by atoms with Gasteiger partial charge in [-0.1, -0.05) is 18.2 Å². The summed E-state index contributed by atoms with van der Waals surface area (Å²) in [7, 11) is 1.57. The Morgan fingerprint density at radius 1 is 1.00 bits per heavy atom. The molecule has 4 rings (SSSR count). The quantitative estimate of drug-likeness (QED) is 0.438. The van der Waals surface area contributed by atoms with Gasteiger partial charge >= 0.3 is 5.97 Å². The van der Waals surface area contributed by atoms with Gasteiger partial charge in [0.15, 0.2) is 6.61 Å². The number of esters is 1. The fourth-order valence-corrected chi connectivity index (χ4v) is 3.45. The van der Waals surface area contributed by atoms with Gasteiger partial charge in [0, 0.05) is 7.05 Å². The van der Waals surface area contributed by atoms with Crippen molar-refractivity contribution in [1.82, 2.24) is 4.90 Å². The summed E-state index contributed by atoms with van der Waals surface area (Å²) in [5.74, 6) is -1.53. The van der Waals surface area contributed by atoms with E-state index in [2.05, 4.69) is 0 Å². The SMILES string of the molecule is Cc1ccccc1N1C(=O)c2ccc(C(=O)OCC(=O)N(C)Cc3ccco3)cc2C1=O. The van der Waals surface area contributed by atoms with Crippen LogP contribution in [0.15, 0.2) is 65.3 Å². The predicted octanol–water partition coefficient (Wildman–Crippen LogP) is 3.20. The lowest BCUT2D eigenvalue weighted by atomic mass is 10.1. The number of rotatable bonds is 6. The molecule has 8 heteroatoms. The number of carbonyl (C=O) groups is 4. The Kier molecular flexibility index (Phi) is 5.59. The number of ether oxygens (including phenoxy) is 1. The summed E-state index contributed by atoms with van der Waals surface area (Å²) in [6, 6.07) is 14.7. The third-order valence-corrected chi connectivity index (χ3v) is 5.20. The number of benzene rings is 2. The Labute approximate surface area is 184 Å². The van der Waals surface area contributed by atoms with Crippen molar-refractivity contribution in [2.24, 2.45) is 0 Å². The molecule has 1 aliphatic heterocycles. The largest absolute Gasteiger partial charge is 0.467 e. The Morgan fingerprint density at radius 2 is 1.75 bits per heavy atom. The Balaban J connectivity index is 1.45. The number of fused-ring (bicyclic) bond motifs is 1. The van der Waals surface area contributed by atoms with E-state index in [1.807, 2.05) is 19.1 Å². The van der Waals surface area contributed by atoms with Crippen LogP contribution in [0.2, 0.25) is 0 Å². The zero-order valence-corrected chi connectivity index (χ0v) is 17.5.